The molecule has 0 unspecified atom stereocenters. The number of benzene rings is 1. The zero-order valence-corrected chi connectivity index (χ0v) is 25.4. The maximum absolute atomic E-state index is 15.5. The van der Waals surface area contributed by atoms with Crippen LogP contribution >= 0.6 is 0 Å². The normalized spacial score (nSPS) is 19.1. The van der Waals surface area contributed by atoms with Gasteiger partial charge in [-0.25, -0.2) is 23.6 Å². The van der Waals surface area contributed by atoms with Gasteiger partial charge < -0.3 is 29.6 Å². The van der Waals surface area contributed by atoms with Crippen LogP contribution in [0.1, 0.15) is 39.2 Å². The minimum Gasteiger partial charge on any atom is -0.505 e. The number of rotatable bonds is 10. The molecule has 1 aromatic rings. The standard InChI is InChI=1S/C33H35FN4O7/c1-20(2)31(37-7-6-22(16-39)32(42)21(37)3)19-45-24(17-40)14-35-8-10-36(11-9-35)30-13-29-25(12-28(30)34)27(18-41)26(33(43)44)15-38(29)23-4-5-23/h6-7,12-13,15,20,23,31,42H,4-5,8-11,14,19H2,1-3H3,(H,43,44)/t31-/m1/s1. The fourth-order valence-electron chi connectivity index (χ4n) is 5.89. The van der Waals surface area contributed by atoms with Gasteiger partial charge in [0.25, 0.3) is 0 Å². The van der Waals surface area contributed by atoms with E-state index >= 15 is 4.39 Å². The van der Waals surface area contributed by atoms with E-state index in [1.54, 1.807) is 31.1 Å². The number of piperazine rings is 1. The van der Waals surface area contributed by atoms with Crippen LogP contribution < -0.4 is 9.80 Å². The summed E-state index contributed by atoms with van der Waals surface area (Å²) >= 11 is 0. The van der Waals surface area contributed by atoms with Gasteiger partial charge >= 0.3 is 5.97 Å². The first kappa shape index (κ1) is 31.6. The molecule has 5 rings (SSSR count). The Bertz CT molecular complexity index is 1630. The van der Waals surface area contributed by atoms with Crippen molar-refractivity contribution in [2.24, 2.45) is 5.92 Å². The Morgan fingerprint density at radius 3 is 2.38 bits per heavy atom. The van der Waals surface area contributed by atoms with Crippen molar-refractivity contribution in [2.45, 2.75) is 45.7 Å². The van der Waals surface area contributed by atoms with Crippen molar-refractivity contribution in [2.75, 3.05) is 49.1 Å². The SMILES string of the molecule is CC1=C(O)C(=C=O)C=CN1[C@H](COC(=C=O)CN1CCN(c2cc3c(cc2F)C(=C=O)C(C(=O)O)=CN3C2CC2)CC1)C(C)C. The average Bonchev–Trinajstić information content (AvgIpc) is 3.87. The minimum atomic E-state index is -1.27. The summed E-state index contributed by atoms with van der Waals surface area (Å²) in [5, 5.41) is 20.0. The van der Waals surface area contributed by atoms with Gasteiger partial charge in [0.15, 0.2) is 17.5 Å². The summed E-state index contributed by atoms with van der Waals surface area (Å²) < 4.78 is 21.4. The van der Waals surface area contributed by atoms with E-state index in [0.717, 1.165) is 12.8 Å². The lowest BCUT2D eigenvalue weighted by molar-refractivity contribution is -0.132. The molecule has 0 amide bonds. The summed E-state index contributed by atoms with van der Waals surface area (Å²) in [6.07, 6.45) is 6.35. The Balaban J connectivity index is 1.24. The molecule has 3 aliphatic heterocycles. The Morgan fingerprint density at radius 1 is 1.09 bits per heavy atom. The maximum Gasteiger partial charge on any atom is 0.338 e. The molecule has 236 valence electrons. The second-order valence-corrected chi connectivity index (χ2v) is 11.9. The van der Waals surface area contributed by atoms with Crippen LogP contribution in [0.5, 0.6) is 0 Å². The highest BCUT2D eigenvalue weighted by molar-refractivity contribution is 6.16. The van der Waals surface area contributed by atoms with Crippen LogP contribution in [0.3, 0.4) is 0 Å². The number of aliphatic hydroxyl groups is 1. The van der Waals surface area contributed by atoms with E-state index in [1.807, 2.05) is 39.4 Å². The van der Waals surface area contributed by atoms with E-state index in [1.165, 1.54) is 18.3 Å². The zero-order chi connectivity index (χ0) is 32.4. The first-order valence-electron chi connectivity index (χ1n) is 14.9. The zero-order valence-electron chi connectivity index (χ0n) is 25.4. The predicted molar refractivity (Wildman–Crippen MR) is 165 cm³/mol. The van der Waals surface area contributed by atoms with E-state index in [4.69, 9.17) is 4.74 Å². The topological polar surface area (TPSA) is 131 Å². The molecular weight excluding hydrogens is 583 g/mol. The van der Waals surface area contributed by atoms with Crippen molar-refractivity contribution in [1.82, 2.24) is 9.80 Å². The molecule has 45 heavy (non-hydrogen) atoms. The van der Waals surface area contributed by atoms with Gasteiger partial charge in [-0.1, -0.05) is 13.8 Å². The van der Waals surface area contributed by atoms with Gasteiger partial charge in [-0.2, -0.15) is 0 Å². The van der Waals surface area contributed by atoms with Crippen molar-refractivity contribution in [1.29, 1.82) is 0 Å². The molecule has 1 aliphatic carbocycles. The number of carboxylic acid groups (broad SMARTS) is 1. The molecule has 1 aromatic carbocycles. The maximum atomic E-state index is 15.5. The Morgan fingerprint density at radius 2 is 1.80 bits per heavy atom. The van der Waals surface area contributed by atoms with Crippen LogP contribution in [0.4, 0.5) is 15.8 Å². The van der Waals surface area contributed by atoms with Crippen molar-refractivity contribution < 1.29 is 38.5 Å². The highest BCUT2D eigenvalue weighted by atomic mass is 19.1. The van der Waals surface area contributed by atoms with Gasteiger partial charge in [-0.3, -0.25) is 4.90 Å². The van der Waals surface area contributed by atoms with Crippen LogP contribution in [0.2, 0.25) is 0 Å². The number of anilines is 2. The minimum absolute atomic E-state index is 0.0713. The highest BCUT2D eigenvalue weighted by Crippen LogP contribution is 2.44. The number of aliphatic carboxylic acids is 1. The average molecular weight is 619 g/mol. The number of hydrogen-bond acceptors (Lipinski definition) is 10. The number of fused-ring (bicyclic) bond motifs is 1. The molecule has 1 saturated heterocycles. The Labute approximate surface area is 260 Å². The number of aliphatic hydroxyl groups excluding tert-OH is 1. The third kappa shape index (κ3) is 6.36. The Hall–Kier alpha value is -4.85. The highest BCUT2D eigenvalue weighted by Gasteiger charge is 2.37. The lowest BCUT2D eigenvalue weighted by atomic mass is 9.93. The van der Waals surface area contributed by atoms with Crippen LogP contribution in [-0.4, -0.2) is 95.2 Å². The fraction of sp³-hybridized carbons (Fsp3) is 0.424. The van der Waals surface area contributed by atoms with E-state index < -0.39 is 11.8 Å². The third-order valence-electron chi connectivity index (χ3n) is 8.67. The second-order valence-electron chi connectivity index (χ2n) is 11.9. The molecule has 1 atom stereocenters. The molecule has 0 aromatic heterocycles. The predicted octanol–water partition coefficient (Wildman–Crippen LogP) is 3.25. The quantitative estimate of drug-likeness (QED) is 0.296. The van der Waals surface area contributed by atoms with Crippen LogP contribution in [0, 0.1) is 11.7 Å². The summed E-state index contributed by atoms with van der Waals surface area (Å²) in [4.78, 5) is 54.0. The summed E-state index contributed by atoms with van der Waals surface area (Å²) in [7, 11) is 0. The molecule has 0 bridgehead atoms. The van der Waals surface area contributed by atoms with Crippen LogP contribution in [0.15, 0.2) is 59.0 Å². The van der Waals surface area contributed by atoms with Crippen molar-refractivity contribution >= 4 is 40.7 Å². The number of hydrogen-bond donors (Lipinski definition) is 2. The van der Waals surface area contributed by atoms with Gasteiger partial charge in [0.05, 0.1) is 40.8 Å². The summed E-state index contributed by atoms with van der Waals surface area (Å²) in [6, 6.07) is 2.75. The van der Waals surface area contributed by atoms with Gasteiger partial charge in [-0.05, 0) is 43.9 Å². The number of carbonyl (C=O) groups is 1. The van der Waals surface area contributed by atoms with Crippen LogP contribution in [0.25, 0.3) is 5.57 Å². The molecule has 11 nitrogen and oxygen atoms in total. The number of nitrogens with zero attached hydrogens (tertiary/aromatic N) is 4. The molecule has 12 heteroatoms. The number of ether oxygens (including phenoxy) is 1. The van der Waals surface area contributed by atoms with E-state index in [0.29, 0.717) is 43.3 Å². The molecule has 0 spiro atoms. The molecule has 2 N–H and O–H groups in total. The van der Waals surface area contributed by atoms with Gasteiger partial charge in [0.1, 0.15) is 29.9 Å². The number of allylic oxidation sites excluding steroid dienone is 2. The number of carboxylic acids is 1. The van der Waals surface area contributed by atoms with E-state index in [2.05, 4.69) is 0 Å². The third-order valence-corrected chi connectivity index (χ3v) is 8.67. The lowest BCUT2D eigenvalue weighted by Gasteiger charge is -2.38. The summed E-state index contributed by atoms with van der Waals surface area (Å²) in [5.74, 6) is 3.54. The molecular formula is C33H35FN4O7. The van der Waals surface area contributed by atoms with Crippen LogP contribution in [-0.2, 0) is 23.9 Å². The molecule has 2 fully saturated rings. The fourth-order valence-corrected chi connectivity index (χ4v) is 5.89. The van der Waals surface area contributed by atoms with Crippen molar-refractivity contribution in [3.05, 3.63) is 70.4 Å². The first-order valence-corrected chi connectivity index (χ1v) is 14.9. The van der Waals surface area contributed by atoms with Crippen molar-refractivity contribution in [3.8, 4) is 0 Å². The number of carbonyl (C=O) groups excluding carboxylic acids is 3. The smallest absolute Gasteiger partial charge is 0.338 e. The van der Waals surface area contributed by atoms with Gasteiger partial charge in [0.2, 0.25) is 0 Å². The second kappa shape index (κ2) is 13.0. The van der Waals surface area contributed by atoms with E-state index in [9.17, 15) is 29.4 Å². The van der Waals surface area contributed by atoms with Gasteiger partial charge in [-0.15, -0.1) is 0 Å². The first-order chi connectivity index (χ1) is 21.6. The van der Waals surface area contributed by atoms with Gasteiger partial charge in [0, 0.05) is 50.2 Å². The molecule has 0 radical (unpaired) electrons. The monoisotopic (exact) mass is 618 g/mol. The molecule has 4 aliphatic rings. The van der Waals surface area contributed by atoms with Crippen molar-refractivity contribution in [3.63, 3.8) is 0 Å². The molecule has 3 heterocycles. The lowest BCUT2D eigenvalue weighted by Crippen LogP contribution is -2.47. The molecule has 1 saturated carbocycles. The largest absolute Gasteiger partial charge is 0.505 e. The van der Waals surface area contributed by atoms with E-state index in [-0.39, 0.29) is 65.0 Å². The summed E-state index contributed by atoms with van der Waals surface area (Å²) in [6.45, 7) is 7.97. The summed E-state index contributed by atoms with van der Waals surface area (Å²) in [5.41, 5.74) is 1.34. The number of halogens is 1. The Kier molecular flexibility index (Phi) is 9.14.